The number of hydrogen-bond donors (Lipinski definition) is 1. The summed E-state index contributed by atoms with van der Waals surface area (Å²) in [6.45, 7) is 10.3. The van der Waals surface area contributed by atoms with Crippen LogP contribution in [-0.4, -0.2) is 51.4 Å². The van der Waals surface area contributed by atoms with Crippen molar-refractivity contribution in [2.75, 3.05) is 30.8 Å². The summed E-state index contributed by atoms with van der Waals surface area (Å²) in [4.78, 5) is 23.7. The number of likely N-dealkylation sites (N-methyl/N-ethyl adjacent to an activating group) is 1. The van der Waals surface area contributed by atoms with Crippen molar-refractivity contribution in [1.29, 1.82) is 0 Å². The number of nitrogens with one attached hydrogen (secondary N) is 1. The van der Waals surface area contributed by atoms with E-state index in [9.17, 15) is 4.79 Å². The van der Waals surface area contributed by atoms with Crippen molar-refractivity contribution < 1.29 is 4.79 Å². The molecule has 0 aliphatic rings. The Morgan fingerprint density at radius 1 is 1.24 bits per heavy atom. The van der Waals surface area contributed by atoms with Crippen molar-refractivity contribution in [3.63, 3.8) is 0 Å². The topological polar surface area (TPSA) is 75.4 Å². The fourth-order valence-electron chi connectivity index (χ4n) is 3.38. The van der Waals surface area contributed by atoms with Gasteiger partial charge in [0.05, 0.1) is 6.42 Å². The van der Waals surface area contributed by atoms with Crippen LogP contribution in [0.2, 0.25) is 0 Å². The number of rotatable bonds is 8. The van der Waals surface area contributed by atoms with Crippen molar-refractivity contribution in [3.05, 3.63) is 46.8 Å². The van der Waals surface area contributed by atoms with Gasteiger partial charge in [0.25, 0.3) is 5.78 Å². The predicted octanol–water partition coefficient (Wildman–Crippen LogP) is 2.96. The number of thioether (sulfide) groups is 1. The molecule has 1 amide bonds. The molecule has 0 spiro atoms. The van der Waals surface area contributed by atoms with E-state index in [0.717, 1.165) is 30.0 Å². The van der Waals surface area contributed by atoms with Crippen LogP contribution in [0.1, 0.15) is 29.4 Å². The molecule has 3 aromatic rings. The van der Waals surface area contributed by atoms with Gasteiger partial charge < -0.3 is 10.2 Å². The number of carbonyl (C=O) groups is 1. The van der Waals surface area contributed by atoms with E-state index in [0.29, 0.717) is 17.5 Å². The van der Waals surface area contributed by atoms with E-state index in [1.54, 1.807) is 4.52 Å². The molecule has 2 aromatic heterocycles. The average Bonchev–Trinajstić information content (AvgIpc) is 3.11. The Morgan fingerprint density at radius 3 is 2.72 bits per heavy atom. The molecule has 0 saturated carbocycles. The number of aromatic nitrogens is 4. The van der Waals surface area contributed by atoms with Crippen molar-refractivity contribution >= 4 is 29.1 Å². The van der Waals surface area contributed by atoms with Crippen LogP contribution in [0.3, 0.4) is 0 Å². The van der Waals surface area contributed by atoms with Crippen LogP contribution in [0.5, 0.6) is 0 Å². The van der Waals surface area contributed by atoms with Crippen molar-refractivity contribution in [2.45, 2.75) is 39.3 Å². The summed E-state index contributed by atoms with van der Waals surface area (Å²) < 4.78 is 1.72. The number of hydrogen-bond acceptors (Lipinski definition) is 6. The van der Waals surface area contributed by atoms with Gasteiger partial charge in [0.2, 0.25) is 11.1 Å². The van der Waals surface area contributed by atoms with Gasteiger partial charge in [-0.3, -0.25) is 4.79 Å². The summed E-state index contributed by atoms with van der Waals surface area (Å²) in [7, 11) is 0. The average molecular weight is 413 g/mol. The van der Waals surface area contributed by atoms with E-state index >= 15 is 0 Å². The number of aryl methyl sites for hydroxylation is 3. The first kappa shape index (κ1) is 21.1. The van der Waals surface area contributed by atoms with Crippen molar-refractivity contribution in [3.8, 4) is 0 Å². The standard InChI is InChI=1S/C21H28N6OS/c1-6-26(17-9-7-8-14(2)12-17)11-10-22-19(28)13-18-15(3)23-20-24-21(29-5)25-27(20)16(18)4/h7-9,12H,6,10-11,13H2,1-5H3,(H,22,28). The number of anilines is 1. The van der Waals surface area contributed by atoms with Crippen molar-refractivity contribution in [2.24, 2.45) is 0 Å². The highest BCUT2D eigenvalue weighted by Crippen LogP contribution is 2.17. The maximum atomic E-state index is 12.6. The van der Waals surface area contributed by atoms with E-state index in [4.69, 9.17) is 0 Å². The van der Waals surface area contributed by atoms with Crippen LogP contribution in [-0.2, 0) is 11.2 Å². The summed E-state index contributed by atoms with van der Waals surface area (Å²) in [6.07, 6.45) is 2.22. The lowest BCUT2D eigenvalue weighted by Crippen LogP contribution is -2.35. The van der Waals surface area contributed by atoms with E-state index in [2.05, 4.69) is 63.4 Å². The first-order valence-corrected chi connectivity index (χ1v) is 11.0. The third kappa shape index (κ3) is 4.87. The molecule has 0 atom stereocenters. The van der Waals surface area contributed by atoms with E-state index in [1.165, 1.54) is 23.0 Å². The number of fused-ring (bicyclic) bond motifs is 1. The van der Waals surface area contributed by atoms with Crippen LogP contribution in [0.15, 0.2) is 29.4 Å². The quantitative estimate of drug-likeness (QED) is 0.574. The lowest BCUT2D eigenvalue weighted by atomic mass is 10.1. The summed E-state index contributed by atoms with van der Waals surface area (Å²) in [5, 5.41) is 8.16. The molecular formula is C21H28N6OS. The zero-order valence-electron chi connectivity index (χ0n) is 17.7. The second-order valence-corrected chi connectivity index (χ2v) is 7.79. The number of benzene rings is 1. The molecule has 0 radical (unpaired) electrons. The van der Waals surface area contributed by atoms with Crippen LogP contribution >= 0.6 is 11.8 Å². The normalized spacial score (nSPS) is 11.1. The van der Waals surface area contributed by atoms with Gasteiger partial charge in [-0.15, -0.1) is 5.10 Å². The Morgan fingerprint density at radius 2 is 2.03 bits per heavy atom. The van der Waals surface area contributed by atoms with Crippen LogP contribution in [0, 0.1) is 20.8 Å². The first-order valence-electron chi connectivity index (χ1n) is 9.78. The molecule has 0 bridgehead atoms. The zero-order valence-corrected chi connectivity index (χ0v) is 18.5. The van der Waals surface area contributed by atoms with Gasteiger partial charge in [-0.1, -0.05) is 23.9 Å². The molecule has 1 aromatic carbocycles. The molecule has 0 fully saturated rings. The smallest absolute Gasteiger partial charge is 0.253 e. The minimum absolute atomic E-state index is 0.0112. The minimum Gasteiger partial charge on any atom is -0.370 e. The Labute approximate surface area is 175 Å². The lowest BCUT2D eigenvalue weighted by Gasteiger charge is -2.23. The summed E-state index contributed by atoms with van der Waals surface area (Å²) >= 11 is 1.48. The largest absolute Gasteiger partial charge is 0.370 e. The van der Waals surface area contributed by atoms with Gasteiger partial charge in [-0.25, -0.2) is 9.50 Å². The highest BCUT2D eigenvalue weighted by atomic mass is 32.2. The maximum Gasteiger partial charge on any atom is 0.253 e. The molecule has 0 aliphatic carbocycles. The molecular weight excluding hydrogens is 384 g/mol. The Kier molecular flexibility index (Phi) is 6.74. The van der Waals surface area contributed by atoms with Gasteiger partial charge in [0.15, 0.2) is 0 Å². The molecule has 0 unspecified atom stereocenters. The molecule has 154 valence electrons. The van der Waals surface area contributed by atoms with Crippen LogP contribution < -0.4 is 10.2 Å². The Hall–Kier alpha value is -2.61. The van der Waals surface area contributed by atoms with Gasteiger partial charge >= 0.3 is 0 Å². The van der Waals surface area contributed by atoms with Crippen molar-refractivity contribution in [1.82, 2.24) is 24.9 Å². The second kappa shape index (κ2) is 9.26. The van der Waals surface area contributed by atoms with Gasteiger partial charge in [-0.05, 0) is 51.6 Å². The number of carbonyl (C=O) groups excluding carboxylic acids is 1. The highest BCUT2D eigenvalue weighted by Gasteiger charge is 2.16. The molecule has 2 heterocycles. The van der Waals surface area contributed by atoms with Crippen LogP contribution in [0.25, 0.3) is 5.78 Å². The highest BCUT2D eigenvalue weighted by molar-refractivity contribution is 7.98. The number of amides is 1. The fourth-order valence-corrected chi connectivity index (χ4v) is 3.72. The summed E-state index contributed by atoms with van der Waals surface area (Å²) in [6, 6.07) is 8.42. The molecule has 29 heavy (non-hydrogen) atoms. The summed E-state index contributed by atoms with van der Waals surface area (Å²) in [5.41, 5.74) is 5.04. The Bertz CT molecular complexity index is 1020. The van der Waals surface area contributed by atoms with E-state index in [-0.39, 0.29) is 12.3 Å². The van der Waals surface area contributed by atoms with Gasteiger partial charge in [0, 0.05) is 42.3 Å². The number of nitrogens with zero attached hydrogens (tertiary/aromatic N) is 5. The minimum atomic E-state index is -0.0112. The van der Waals surface area contributed by atoms with Gasteiger partial charge in [-0.2, -0.15) is 4.98 Å². The molecule has 7 nitrogen and oxygen atoms in total. The molecule has 1 N–H and O–H groups in total. The first-order chi connectivity index (χ1) is 13.9. The van der Waals surface area contributed by atoms with E-state index < -0.39 is 0 Å². The zero-order chi connectivity index (χ0) is 21.0. The third-order valence-corrected chi connectivity index (χ3v) is 5.54. The van der Waals surface area contributed by atoms with Gasteiger partial charge in [0.1, 0.15) is 0 Å². The monoisotopic (exact) mass is 412 g/mol. The molecule has 3 rings (SSSR count). The SMILES string of the molecule is CCN(CCNC(=O)Cc1c(C)nc2nc(SC)nn2c1C)c1cccc(C)c1. The second-order valence-electron chi connectivity index (χ2n) is 7.02. The predicted molar refractivity (Wildman–Crippen MR) is 118 cm³/mol. The third-order valence-electron chi connectivity index (χ3n) is 5.00. The van der Waals surface area contributed by atoms with Crippen LogP contribution in [0.4, 0.5) is 5.69 Å². The summed E-state index contributed by atoms with van der Waals surface area (Å²) in [5.74, 6) is 0.563. The molecule has 0 aliphatic heterocycles. The molecule has 8 heteroatoms. The maximum absolute atomic E-state index is 12.6. The fraction of sp³-hybridized carbons (Fsp3) is 0.429. The van der Waals surface area contributed by atoms with E-state index in [1.807, 2.05) is 20.1 Å². The Balaban J connectivity index is 1.63. The lowest BCUT2D eigenvalue weighted by molar-refractivity contribution is -0.120. The molecule has 0 saturated heterocycles.